The number of ether oxygens (including phenoxy) is 2. The summed E-state index contributed by atoms with van der Waals surface area (Å²) in [7, 11) is 3.27. The smallest absolute Gasteiger partial charge is 0.249 e. The van der Waals surface area contributed by atoms with Crippen LogP contribution in [0.2, 0.25) is 0 Å². The minimum atomic E-state index is -0.294. The van der Waals surface area contributed by atoms with E-state index in [1.54, 1.807) is 32.5 Å². The van der Waals surface area contributed by atoms with E-state index < -0.39 is 0 Å². The topological polar surface area (TPSA) is 72.4 Å². The van der Waals surface area contributed by atoms with Crippen LogP contribution >= 0.6 is 0 Å². The number of nitrogens with one attached hydrogen (secondary N) is 1. The van der Waals surface area contributed by atoms with E-state index in [-0.39, 0.29) is 5.82 Å². The van der Waals surface area contributed by atoms with Gasteiger partial charge in [-0.1, -0.05) is 0 Å². The van der Waals surface area contributed by atoms with E-state index in [4.69, 9.17) is 9.47 Å². The standard InChI is InChI=1S/C20H20FN5O2/c1-27-17-9-13-7-8-26(12-14(13)10-18(17)28-2)19-11-22-25-20(24-19)23-16-5-3-15(21)4-6-16/h3-6,9-11H,7-8,12H2,1-2H3,(H,23,24,25). The van der Waals surface area contributed by atoms with Crippen molar-refractivity contribution in [3.05, 3.63) is 59.5 Å². The first-order valence-electron chi connectivity index (χ1n) is 8.87. The van der Waals surface area contributed by atoms with Crippen LogP contribution in [0.4, 0.5) is 21.8 Å². The zero-order valence-electron chi connectivity index (χ0n) is 15.6. The van der Waals surface area contributed by atoms with Crippen molar-refractivity contribution >= 4 is 17.5 Å². The summed E-state index contributed by atoms with van der Waals surface area (Å²) in [5.41, 5.74) is 3.09. The molecule has 3 aromatic rings. The van der Waals surface area contributed by atoms with Gasteiger partial charge >= 0.3 is 0 Å². The Hall–Kier alpha value is -3.42. The highest BCUT2D eigenvalue weighted by molar-refractivity contribution is 5.55. The van der Waals surface area contributed by atoms with Crippen molar-refractivity contribution in [1.29, 1.82) is 0 Å². The molecule has 2 aromatic carbocycles. The van der Waals surface area contributed by atoms with Gasteiger partial charge in [0.2, 0.25) is 5.95 Å². The van der Waals surface area contributed by atoms with Crippen molar-refractivity contribution in [2.75, 3.05) is 31.0 Å². The Morgan fingerprint density at radius 3 is 2.46 bits per heavy atom. The maximum absolute atomic E-state index is 13.1. The summed E-state index contributed by atoms with van der Waals surface area (Å²) in [6.45, 7) is 1.49. The number of methoxy groups -OCH3 is 2. The van der Waals surface area contributed by atoms with Gasteiger partial charge in [0, 0.05) is 18.8 Å². The lowest BCUT2D eigenvalue weighted by atomic mass is 9.99. The van der Waals surface area contributed by atoms with Crippen molar-refractivity contribution < 1.29 is 13.9 Å². The number of halogens is 1. The first-order valence-corrected chi connectivity index (χ1v) is 8.87. The molecule has 0 unspecified atom stereocenters. The van der Waals surface area contributed by atoms with Gasteiger partial charge in [0.1, 0.15) is 5.82 Å². The molecule has 144 valence electrons. The first kappa shape index (κ1) is 18.0. The molecule has 0 spiro atoms. The summed E-state index contributed by atoms with van der Waals surface area (Å²) in [5, 5.41) is 11.1. The van der Waals surface area contributed by atoms with Crippen LogP contribution in [0.5, 0.6) is 11.5 Å². The number of hydrogen-bond donors (Lipinski definition) is 1. The van der Waals surface area contributed by atoms with Crippen molar-refractivity contribution in [3.8, 4) is 11.5 Å². The number of aromatic nitrogens is 3. The van der Waals surface area contributed by atoms with Crippen molar-refractivity contribution in [2.45, 2.75) is 13.0 Å². The second-order valence-electron chi connectivity index (χ2n) is 6.42. The average Bonchev–Trinajstić information content (AvgIpc) is 2.74. The van der Waals surface area contributed by atoms with Crippen molar-refractivity contribution in [3.63, 3.8) is 0 Å². The number of benzene rings is 2. The zero-order valence-corrected chi connectivity index (χ0v) is 15.6. The molecular formula is C20H20FN5O2. The Balaban J connectivity index is 1.55. The summed E-state index contributed by atoms with van der Waals surface area (Å²) in [6.07, 6.45) is 2.50. The Morgan fingerprint density at radius 2 is 1.75 bits per heavy atom. The summed E-state index contributed by atoms with van der Waals surface area (Å²) in [6, 6.07) is 10.0. The molecular weight excluding hydrogens is 361 g/mol. The number of rotatable bonds is 5. The average molecular weight is 381 g/mol. The quantitative estimate of drug-likeness (QED) is 0.727. The van der Waals surface area contributed by atoms with Gasteiger partial charge in [0.25, 0.3) is 0 Å². The van der Waals surface area contributed by atoms with Crippen LogP contribution in [0.1, 0.15) is 11.1 Å². The van der Waals surface area contributed by atoms with E-state index in [0.717, 1.165) is 30.1 Å². The van der Waals surface area contributed by atoms with Crippen LogP contribution in [-0.2, 0) is 13.0 Å². The number of fused-ring (bicyclic) bond motifs is 1. The molecule has 8 heteroatoms. The summed E-state index contributed by atoms with van der Waals surface area (Å²) in [5.74, 6) is 2.24. The predicted octanol–water partition coefficient (Wildman–Crippen LogP) is 3.33. The largest absolute Gasteiger partial charge is 0.493 e. The molecule has 1 aliphatic rings. The fraction of sp³-hybridized carbons (Fsp3) is 0.250. The molecule has 0 aliphatic carbocycles. The first-order chi connectivity index (χ1) is 13.7. The molecule has 0 atom stereocenters. The van der Waals surface area contributed by atoms with E-state index in [2.05, 4.69) is 25.4 Å². The molecule has 0 saturated carbocycles. The molecule has 1 aliphatic heterocycles. The Labute approximate surface area is 162 Å². The summed E-state index contributed by atoms with van der Waals surface area (Å²) < 4.78 is 23.9. The second-order valence-corrected chi connectivity index (χ2v) is 6.42. The van der Waals surface area contributed by atoms with E-state index in [1.165, 1.54) is 17.7 Å². The lowest BCUT2D eigenvalue weighted by molar-refractivity contribution is 0.353. The van der Waals surface area contributed by atoms with Crippen LogP contribution in [0, 0.1) is 5.82 Å². The molecule has 1 N–H and O–H groups in total. The highest BCUT2D eigenvalue weighted by Gasteiger charge is 2.21. The summed E-state index contributed by atoms with van der Waals surface area (Å²) in [4.78, 5) is 6.69. The van der Waals surface area contributed by atoms with Crippen molar-refractivity contribution in [2.24, 2.45) is 0 Å². The third-order valence-electron chi connectivity index (χ3n) is 4.69. The van der Waals surface area contributed by atoms with E-state index >= 15 is 0 Å². The third kappa shape index (κ3) is 3.66. The van der Waals surface area contributed by atoms with Crippen LogP contribution in [0.25, 0.3) is 0 Å². The Morgan fingerprint density at radius 1 is 1.04 bits per heavy atom. The maximum atomic E-state index is 13.1. The van der Waals surface area contributed by atoms with Gasteiger partial charge in [0.15, 0.2) is 17.3 Å². The number of nitrogens with zero attached hydrogens (tertiary/aromatic N) is 4. The molecule has 4 rings (SSSR count). The molecule has 28 heavy (non-hydrogen) atoms. The van der Waals surface area contributed by atoms with Crippen molar-refractivity contribution in [1.82, 2.24) is 15.2 Å². The predicted molar refractivity (Wildman–Crippen MR) is 104 cm³/mol. The SMILES string of the molecule is COc1cc2c(cc1OC)CN(c1cnnc(Nc3ccc(F)cc3)n1)CC2. The third-order valence-corrected chi connectivity index (χ3v) is 4.69. The molecule has 7 nitrogen and oxygen atoms in total. The lowest BCUT2D eigenvalue weighted by Gasteiger charge is -2.30. The Bertz CT molecular complexity index is 981. The molecule has 1 aromatic heterocycles. The summed E-state index contributed by atoms with van der Waals surface area (Å²) >= 11 is 0. The van der Waals surface area contributed by atoms with Gasteiger partial charge in [-0.25, -0.2) is 4.39 Å². The Kier molecular flexibility index (Phi) is 4.92. The van der Waals surface area contributed by atoms with E-state index in [9.17, 15) is 4.39 Å². The normalized spacial score (nSPS) is 13.0. The number of anilines is 3. The molecule has 2 heterocycles. The van der Waals surface area contributed by atoms with Gasteiger partial charge in [-0.3, -0.25) is 0 Å². The molecule has 0 saturated heterocycles. The van der Waals surface area contributed by atoms with Crippen LogP contribution in [0.3, 0.4) is 0 Å². The number of hydrogen-bond acceptors (Lipinski definition) is 7. The highest BCUT2D eigenvalue weighted by Crippen LogP contribution is 2.34. The fourth-order valence-corrected chi connectivity index (χ4v) is 3.24. The van der Waals surface area contributed by atoms with Crippen LogP contribution in [0.15, 0.2) is 42.6 Å². The van der Waals surface area contributed by atoms with Crippen LogP contribution in [-0.4, -0.2) is 35.9 Å². The fourth-order valence-electron chi connectivity index (χ4n) is 3.24. The maximum Gasteiger partial charge on any atom is 0.249 e. The van der Waals surface area contributed by atoms with Crippen LogP contribution < -0.4 is 19.7 Å². The van der Waals surface area contributed by atoms with Gasteiger partial charge in [-0.15, -0.1) is 5.10 Å². The van der Waals surface area contributed by atoms with Gasteiger partial charge in [0.05, 0.1) is 20.4 Å². The monoisotopic (exact) mass is 381 g/mol. The minimum Gasteiger partial charge on any atom is -0.493 e. The zero-order chi connectivity index (χ0) is 19.5. The molecule has 0 amide bonds. The molecule has 0 fully saturated rings. The van der Waals surface area contributed by atoms with E-state index in [0.29, 0.717) is 23.9 Å². The van der Waals surface area contributed by atoms with Gasteiger partial charge in [-0.2, -0.15) is 10.1 Å². The lowest BCUT2D eigenvalue weighted by Crippen LogP contribution is -2.31. The van der Waals surface area contributed by atoms with Gasteiger partial charge < -0.3 is 19.7 Å². The van der Waals surface area contributed by atoms with Gasteiger partial charge in [-0.05, 0) is 53.9 Å². The second kappa shape index (κ2) is 7.67. The molecule has 0 radical (unpaired) electrons. The van der Waals surface area contributed by atoms with E-state index in [1.807, 2.05) is 12.1 Å². The minimum absolute atomic E-state index is 0.294. The highest BCUT2D eigenvalue weighted by atomic mass is 19.1. The molecule has 0 bridgehead atoms.